The van der Waals surface area contributed by atoms with Gasteiger partial charge < -0.3 is 20.1 Å². The largest absolute Gasteiger partial charge is 0.478 e. The summed E-state index contributed by atoms with van der Waals surface area (Å²) < 4.78 is 5.38. The molecule has 1 saturated carbocycles. The SMILES string of the molecule is O=C(Nc1sc2c(c1C(=O)O)CCC1(CC1)C2)c1ccc(N2CCOCC2)cc1. The Morgan fingerprint density at radius 2 is 1.83 bits per heavy atom. The molecule has 6 nitrogen and oxygen atoms in total. The average molecular weight is 413 g/mol. The Labute approximate surface area is 173 Å². The molecule has 3 aliphatic rings. The third kappa shape index (κ3) is 3.53. The molecule has 2 aromatic rings. The van der Waals surface area contributed by atoms with Crippen molar-refractivity contribution in [2.45, 2.75) is 32.1 Å². The standard InChI is InChI=1S/C22H24N2O4S/c25-19(14-1-3-15(4-2-14)24-9-11-28-12-10-24)23-20-18(21(26)27)16-5-6-22(7-8-22)13-17(16)29-20/h1-4H,5-13H2,(H,23,25)(H,26,27). The summed E-state index contributed by atoms with van der Waals surface area (Å²) in [5.41, 5.74) is 3.22. The summed E-state index contributed by atoms with van der Waals surface area (Å²) in [5, 5.41) is 13.1. The first kappa shape index (κ1) is 18.6. The third-order valence-electron chi connectivity index (χ3n) is 6.44. The molecule has 2 fully saturated rings. The Morgan fingerprint density at radius 1 is 1.10 bits per heavy atom. The smallest absolute Gasteiger partial charge is 0.339 e. The number of amides is 1. The Balaban J connectivity index is 1.35. The summed E-state index contributed by atoms with van der Waals surface area (Å²) in [6.45, 7) is 3.11. The number of aromatic carboxylic acids is 1. The Hall–Kier alpha value is -2.38. The lowest BCUT2D eigenvalue weighted by atomic mass is 9.84. The number of thiophene rings is 1. The topological polar surface area (TPSA) is 78.9 Å². The van der Waals surface area contributed by atoms with E-state index in [4.69, 9.17) is 4.74 Å². The van der Waals surface area contributed by atoms with Gasteiger partial charge in [-0.15, -0.1) is 11.3 Å². The molecule has 152 valence electrons. The van der Waals surface area contributed by atoms with E-state index >= 15 is 0 Å². The maximum Gasteiger partial charge on any atom is 0.339 e. The van der Waals surface area contributed by atoms with Crippen LogP contribution in [0.25, 0.3) is 0 Å². The van der Waals surface area contributed by atoms with Gasteiger partial charge in [0.2, 0.25) is 0 Å². The van der Waals surface area contributed by atoms with E-state index in [0.29, 0.717) is 34.8 Å². The summed E-state index contributed by atoms with van der Waals surface area (Å²) >= 11 is 1.45. The minimum atomic E-state index is -0.952. The van der Waals surface area contributed by atoms with Gasteiger partial charge in [-0.05, 0) is 67.3 Å². The minimum Gasteiger partial charge on any atom is -0.478 e. The average Bonchev–Trinajstić information content (AvgIpc) is 3.38. The highest BCUT2D eigenvalue weighted by molar-refractivity contribution is 7.17. The van der Waals surface area contributed by atoms with Gasteiger partial charge in [0.05, 0.1) is 18.8 Å². The van der Waals surface area contributed by atoms with Gasteiger partial charge in [-0.3, -0.25) is 4.79 Å². The zero-order valence-electron chi connectivity index (χ0n) is 16.2. The second kappa shape index (κ2) is 7.15. The zero-order chi connectivity index (χ0) is 20.0. The lowest BCUT2D eigenvalue weighted by Gasteiger charge is -2.28. The monoisotopic (exact) mass is 412 g/mol. The van der Waals surface area contributed by atoms with Crippen LogP contribution in [0.2, 0.25) is 0 Å². The Kier molecular flexibility index (Phi) is 4.59. The minimum absolute atomic E-state index is 0.263. The number of fused-ring (bicyclic) bond motifs is 1. The van der Waals surface area contributed by atoms with Crippen molar-refractivity contribution in [1.82, 2.24) is 0 Å². The second-order valence-corrected chi connectivity index (χ2v) is 9.40. The molecule has 5 rings (SSSR count). The van der Waals surface area contributed by atoms with E-state index in [-0.39, 0.29) is 5.91 Å². The molecule has 1 aromatic heterocycles. The van der Waals surface area contributed by atoms with Crippen LogP contribution in [0.5, 0.6) is 0 Å². The van der Waals surface area contributed by atoms with Gasteiger partial charge in [-0.2, -0.15) is 0 Å². The first-order valence-electron chi connectivity index (χ1n) is 10.2. The summed E-state index contributed by atoms with van der Waals surface area (Å²) in [5.74, 6) is -1.21. The maximum absolute atomic E-state index is 12.8. The quantitative estimate of drug-likeness (QED) is 0.799. The third-order valence-corrected chi connectivity index (χ3v) is 7.58. The van der Waals surface area contributed by atoms with E-state index < -0.39 is 5.97 Å². The first-order chi connectivity index (χ1) is 14.0. The molecule has 2 N–H and O–H groups in total. The molecule has 1 saturated heterocycles. The molecule has 0 atom stereocenters. The van der Waals surface area contributed by atoms with Gasteiger partial charge in [-0.1, -0.05) is 0 Å². The van der Waals surface area contributed by atoms with Crippen LogP contribution in [-0.4, -0.2) is 43.3 Å². The molecule has 2 heterocycles. The van der Waals surface area contributed by atoms with E-state index in [0.717, 1.165) is 48.5 Å². The summed E-state index contributed by atoms with van der Waals surface area (Å²) in [6, 6.07) is 7.48. The van der Waals surface area contributed by atoms with Crippen molar-refractivity contribution in [3.05, 3.63) is 45.8 Å². The number of carbonyl (C=O) groups is 2. The number of carboxylic acid groups (broad SMARTS) is 1. The summed E-state index contributed by atoms with van der Waals surface area (Å²) in [6.07, 6.45) is 5.30. The lowest BCUT2D eigenvalue weighted by Crippen LogP contribution is -2.36. The van der Waals surface area contributed by atoms with Crippen LogP contribution in [0.4, 0.5) is 10.7 Å². The van der Waals surface area contributed by atoms with E-state index in [9.17, 15) is 14.7 Å². The fourth-order valence-corrected chi connectivity index (χ4v) is 5.89. The number of nitrogens with zero attached hydrogens (tertiary/aromatic N) is 1. The number of morpholine rings is 1. The van der Waals surface area contributed by atoms with E-state index in [1.807, 2.05) is 12.1 Å². The van der Waals surface area contributed by atoms with Crippen molar-refractivity contribution in [1.29, 1.82) is 0 Å². The lowest BCUT2D eigenvalue weighted by molar-refractivity contribution is 0.0697. The van der Waals surface area contributed by atoms with Crippen LogP contribution in [0.3, 0.4) is 0 Å². The van der Waals surface area contributed by atoms with Crippen molar-refractivity contribution in [3.63, 3.8) is 0 Å². The number of anilines is 2. The number of nitrogens with one attached hydrogen (secondary N) is 1. The number of carbonyl (C=O) groups excluding carboxylic acids is 1. The number of hydrogen-bond donors (Lipinski definition) is 2. The Bertz CT molecular complexity index is 956. The molecule has 0 unspecified atom stereocenters. The van der Waals surface area contributed by atoms with Gasteiger partial charge >= 0.3 is 5.97 Å². The van der Waals surface area contributed by atoms with Gasteiger partial charge in [-0.25, -0.2) is 4.79 Å². The summed E-state index contributed by atoms with van der Waals surface area (Å²) in [4.78, 5) is 28.1. The molecule has 1 amide bonds. The molecule has 7 heteroatoms. The van der Waals surface area contributed by atoms with Crippen molar-refractivity contribution in [3.8, 4) is 0 Å². The van der Waals surface area contributed by atoms with Crippen molar-refractivity contribution >= 4 is 33.9 Å². The van der Waals surface area contributed by atoms with Crippen molar-refractivity contribution in [2.24, 2.45) is 5.41 Å². The van der Waals surface area contributed by atoms with Gasteiger partial charge in [0, 0.05) is 29.2 Å². The van der Waals surface area contributed by atoms with Crippen molar-refractivity contribution in [2.75, 3.05) is 36.5 Å². The highest BCUT2D eigenvalue weighted by Gasteiger charge is 2.46. The van der Waals surface area contributed by atoms with Crippen LogP contribution >= 0.6 is 11.3 Å². The Morgan fingerprint density at radius 3 is 2.48 bits per heavy atom. The molecule has 1 aromatic carbocycles. The normalized spacial score (nSPS) is 19.7. The number of benzene rings is 1. The van der Waals surface area contributed by atoms with E-state index in [1.54, 1.807) is 12.1 Å². The molecule has 0 bridgehead atoms. The summed E-state index contributed by atoms with van der Waals surface area (Å²) in [7, 11) is 0. The molecule has 1 spiro atoms. The highest BCUT2D eigenvalue weighted by atomic mass is 32.1. The number of ether oxygens (including phenoxy) is 1. The molecule has 2 aliphatic carbocycles. The van der Waals surface area contributed by atoms with Gasteiger partial charge in [0.15, 0.2) is 0 Å². The predicted octanol–water partition coefficient (Wildman–Crippen LogP) is 3.80. The number of carboxylic acids is 1. The van der Waals surface area contributed by atoms with Crippen LogP contribution in [0.1, 0.15) is 50.4 Å². The van der Waals surface area contributed by atoms with Crippen LogP contribution in [0.15, 0.2) is 24.3 Å². The molecule has 1 aliphatic heterocycles. The fourth-order valence-electron chi connectivity index (χ4n) is 4.48. The molecular formula is C22H24N2O4S. The van der Waals surface area contributed by atoms with Crippen LogP contribution in [0, 0.1) is 5.41 Å². The molecule has 0 radical (unpaired) electrons. The van der Waals surface area contributed by atoms with Gasteiger partial charge in [0.1, 0.15) is 5.00 Å². The first-order valence-corrected chi connectivity index (χ1v) is 11.0. The van der Waals surface area contributed by atoms with Crippen LogP contribution in [-0.2, 0) is 17.6 Å². The van der Waals surface area contributed by atoms with E-state index in [1.165, 1.54) is 24.2 Å². The predicted molar refractivity (Wildman–Crippen MR) is 112 cm³/mol. The van der Waals surface area contributed by atoms with Gasteiger partial charge in [0.25, 0.3) is 5.91 Å². The second-order valence-electron chi connectivity index (χ2n) is 8.29. The number of rotatable bonds is 4. The highest BCUT2D eigenvalue weighted by Crippen LogP contribution is 2.57. The molecular weight excluding hydrogens is 388 g/mol. The zero-order valence-corrected chi connectivity index (χ0v) is 17.0. The van der Waals surface area contributed by atoms with E-state index in [2.05, 4.69) is 10.2 Å². The maximum atomic E-state index is 12.8. The van der Waals surface area contributed by atoms with Crippen molar-refractivity contribution < 1.29 is 19.4 Å². The number of hydrogen-bond acceptors (Lipinski definition) is 5. The fraction of sp³-hybridized carbons (Fsp3) is 0.455. The molecule has 29 heavy (non-hydrogen) atoms. The van der Waals surface area contributed by atoms with Crippen LogP contribution < -0.4 is 10.2 Å².